The maximum absolute atomic E-state index is 12.8. The lowest BCUT2D eigenvalue weighted by Crippen LogP contribution is -2.48. The normalized spacial score (nSPS) is 17.2. The van der Waals surface area contributed by atoms with E-state index in [0.29, 0.717) is 19.7 Å². The van der Waals surface area contributed by atoms with Gasteiger partial charge in [0.05, 0.1) is 12.6 Å². The topological polar surface area (TPSA) is 64.0 Å². The molecule has 0 spiro atoms. The van der Waals surface area contributed by atoms with Gasteiger partial charge in [-0.2, -0.15) is 0 Å². The number of carbonyl (C=O) groups is 2. The van der Waals surface area contributed by atoms with E-state index in [2.05, 4.69) is 4.57 Å². The highest BCUT2D eigenvalue weighted by Gasteiger charge is 2.30. The smallest absolute Gasteiger partial charge is 0.410 e. The molecule has 0 saturated heterocycles. The molecule has 0 fully saturated rings. The second-order valence-electron chi connectivity index (χ2n) is 7.28. The lowest BCUT2D eigenvalue weighted by atomic mass is 10.1. The molecule has 140 valence electrons. The third kappa shape index (κ3) is 4.98. The summed E-state index contributed by atoms with van der Waals surface area (Å²) in [5.41, 5.74) is 0.505. The summed E-state index contributed by atoms with van der Waals surface area (Å²) in [6.07, 6.45) is 1.53. The van der Waals surface area contributed by atoms with E-state index in [-0.39, 0.29) is 18.5 Å². The molecule has 0 aromatic carbocycles. The van der Waals surface area contributed by atoms with Gasteiger partial charge in [0.1, 0.15) is 12.1 Å². The molecular formula is C18H29N3O4. The average Bonchev–Trinajstić information content (AvgIpc) is 2.99. The highest BCUT2D eigenvalue weighted by Crippen LogP contribution is 2.25. The molecule has 0 N–H and O–H groups in total. The molecule has 2 heterocycles. The molecule has 25 heavy (non-hydrogen) atoms. The van der Waals surface area contributed by atoms with Crippen LogP contribution in [-0.4, -0.2) is 65.3 Å². The van der Waals surface area contributed by atoms with E-state index < -0.39 is 11.7 Å². The van der Waals surface area contributed by atoms with Crippen molar-refractivity contribution in [2.75, 3.05) is 33.4 Å². The molecule has 0 radical (unpaired) electrons. The van der Waals surface area contributed by atoms with Crippen molar-refractivity contribution >= 4 is 12.0 Å². The summed E-state index contributed by atoms with van der Waals surface area (Å²) in [7, 11) is 1.57. The molecule has 0 aliphatic carbocycles. The standard InChI is InChI=1S/C18H29N3O4/c1-14-15-7-6-8-19(15)9-10-21(14)16(22)13-20(11-12-24-5)17(23)25-18(2,3)4/h6-8,14H,9-13H2,1-5H3/t14-/m1/s1. The molecule has 1 aliphatic heterocycles. The van der Waals surface area contributed by atoms with Crippen LogP contribution >= 0.6 is 0 Å². The van der Waals surface area contributed by atoms with Crippen LogP contribution in [0.15, 0.2) is 18.3 Å². The highest BCUT2D eigenvalue weighted by molar-refractivity contribution is 5.83. The summed E-state index contributed by atoms with van der Waals surface area (Å²) in [4.78, 5) is 28.4. The summed E-state index contributed by atoms with van der Waals surface area (Å²) in [5.74, 6) is -0.0816. The molecule has 0 unspecified atom stereocenters. The van der Waals surface area contributed by atoms with E-state index in [1.54, 1.807) is 7.11 Å². The maximum atomic E-state index is 12.8. The van der Waals surface area contributed by atoms with Crippen LogP contribution in [0.2, 0.25) is 0 Å². The van der Waals surface area contributed by atoms with Crippen molar-refractivity contribution in [3.63, 3.8) is 0 Å². The minimum atomic E-state index is -0.606. The molecule has 2 rings (SSSR count). The summed E-state index contributed by atoms with van der Waals surface area (Å²) >= 11 is 0. The van der Waals surface area contributed by atoms with E-state index in [0.717, 1.165) is 12.2 Å². The third-order valence-electron chi connectivity index (χ3n) is 4.21. The van der Waals surface area contributed by atoms with Gasteiger partial charge in [0.2, 0.25) is 5.91 Å². The Morgan fingerprint density at radius 2 is 2.04 bits per heavy atom. The number of hydrogen-bond acceptors (Lipinski definition) is 4. The van der Waals surface area contributed by atoms with E-state index in [9.17, 15) is 9.59 Å². The molecule has 1 aliphatic rings. The first-order chi connectivity index (χ1) is 11.7. The van der Waals surface area contributed by atoms with Gasteiger partial charge in [-0.1, -0.05) is 0 Å². The monoisotopic (exact) mass is 351 g/mol. The van der Waals surface area contributed by atoms with Crippen molar-refractivity contribution in [1.82, 2.24) is 14.4 Å². The second kappa shape index (κ2) is 7.91. The van der Waals surface area contributed by atoms with Gasteiger partial charge < -0.3 is 18.9 Å². The zero-order valence-corrected chi connectivity index (χ0v) is 15.8. The Labute approximate surface area is 149 Å². The second-order valence-corrected chi connectivity index (χ2v) is 7.28. The lowest BCUT2D eigenvalue weighted by Gasteiger charge is -2.36. The number of methoxy groups -OCH3 is 1. The fraction of sp³-hybridized carbons (Fsp3) is 0.667. The molecule has 2 amide bonds. The predicted molar refractivity (Wildman–Crippen MR) is 94.2 cm³/mol. The molecular weight excluding hydrogens is 322 g/mol. The van der Waals surface area contributed by atoms with Crippen molar-refractivity contribution in [3.05, 3.63) is 24.0 Å². The summed E-state index contributed by atoms with van der Waals surface area (Å²) in [6.45, 7) is 9.49. The van der Waals surface area contributed by atoms with Gasteiger partial charge in [-0.05, 0) is 39.8 Å². The number of fused-ring (bicyclic) bond motifs is 1. The summed E-state index contributed by atoms with van der Waals surface area (Å²) in [6, 6.07) is 4.01. The third-order valence-corrected chi connectivity index (χ3v) is 4.21. The number of carbonyl (C=O) groups excluding carboxylic acids is 2. The number of hydrogen-bond donors (Lipinski definition) is 0. The van der Waals surface area contributed by atoms with Crippen molar-refractivity contribution < 1.29 is 19.1 Å². The van der Waals surface area contributed by atoms with Crippen LogP contribution in [0.25, 0.3) is 0 Å². The van der Waals surface area contributed by atoms with E-state index in [4.69, 9.17) is 9.47 Å². The average molecular weight is 351 g/mol. The van der Waals surface area contributed by atoms with Crippen LogP contribution in [0, 0.1) is 0 Å². The van der Waals surface area contributed by atoms with Crippen molar-refractivity contribution in [1.29, 1.82) is 0 Å². The molecule has 1 aromatic heterocycles. The zero-order chi connectivity index (χ0) is 18.6. The lowest BCUT2D eigenvalue weighted by molar-refractivity contribution is -0.135. The van der Waals surface area contributed by atoms with Crippen molar-refractivity contribution in [2.24, 2.45) is 0 Å². The van der Waals surface area contributed by atoms with Gasteiger partial charge in [0.25, 0.3) is 0 Å². The van der Waals surface area contributed by atoms with Crippen LogP contribution in [0.3, 0.4) is 0 Å². The number of rotatable bonds is 5. The molecule has 0 saturated carbocycles. The molecule has 7 nitrogen and oxygen atoms in total. The molecule has 7 heteroatoms. The molecule has 1 atom stereocenters. The van der Waals surface area contributed by atoms with Gasteiger partial charge in [0, 0.05) is 38.6 Å². The minimum absolute atomic E-state index is 0.0106. The van der Waals surface area contributed by atoms with E-state index in [1.807, 2.05) is 50.9 Å². The zero-order valence-electron chi connectivity index (χ0n) is 15.8. The predicted octanol–water partition coefficient (Wildman–Crippen LogP) is 2.27. The first kappa shape index (κ1) is 19.3. The first-order valence-electron chi connectivity index (χ1n) is 8.64. The Morgan fingerprint density at radius 3 is 2.68 bits per heavy atom. The number of nitrogens with zero attached hydrogens (tertiary/aromatic N) is 3. The quantitative estimate of drug-likeness (QED) is 0.816. The molecule has 0 bridgehead atoms. The van der Waals surface area contributed by atoms with Crippen LogP contribution < -0.4 is 0 Å². The van der Waals surface area contributed by atoms with Crippen LogP contribution in [0.5, 0.6) is 0 Å². The van der Waals surface area contributed by atoms with Crippen molar-refractivity contribution in [2.45, 2.75) is 45.9 Å². The highest BCUT2D eigenvalue weighted by atomic mass is 16.6. The minimum Gasteiger partial charge on any atom is -0.444 e. The Kier molecular flexibility index (Phi) is 6.11. The van der Waals surface area contributed by atoms with E-state index in [1.165, 1.54) is 4.90 Å². The van der Waals surface area contributed by atoms with Gasteiger partial charge >= 0.3 is 6.09 Å². The Hall–Kier alpha value is -2.02. The Balaban J connectivity index is 2.05. The van der Waals surface area contributed by atoms with Crippen molar-refractivity contribution in [3.8, 4) is 0 Å². The van der Waals surface area contributed by atoms with E-state index >= 15 is 0 Å². The Bertz CT molecular complexity index is 606. The van der Waals surface area contributed by atoms with Gasteiger partial charge in [-0.15, -0.1) is 0 Å². The van der Waals surface area contributed by atoms with Gasteiger partial charge in [-0.3, -0.25) is 9.69 Å². The van der Waals surface area contributed by atoms with Crippen LogP contribution in [0.1, 0.15) is 39.4 Å². The summed E-state index contributed by atoms with van der Waals surface area (Å²) in [5, 5.41) is 0. The molecule has 1 aromatic rings. The number of aromatic nitrogens is 1. The largest absolute Gasteiger partial charge is 0.444 e. The van der Waals surface area contributed by atoms with Crippen LogP contribution in [0.4, 0.5) is 4.79 Å². The van der Waals surface area contributed by atoms with Crippen LogP contribution in [-0.2, 0) is 20.8 Å². The summed E-state index contributed by atoms with van der Waals surface area (Å²) < 4.78 is 12.6. The van der Waals surface area contributed by atoms with Gasteiger partial charge in [-0.25, -0.2) is 4.79 Å². The first-order valence-corrected chi connectivity index (χ1v) is 8.64. The van der Waals surface area contributed by atoms with Gasteiger partial charge in [0.15, 0.2) is 0 Å². The fourth-order valence-corrected chi connectivity index (χ4v) is 2.94. The fourth-order valence-electron chi connectivity index (χ4n) is 2.94. The Morgan fingerprint density at radius 1 is 1.32 bits per heavy atom. The SMILES string of the molecule is COCCN(CC(=O)N1CCn2cccc2[C@H]1C)C(=O)OC(C)(C)C. The maximum Gasteiger partial charge on any atom is 0.410 e. The number of ether oxygens (including phenoxy) is 2. The number of amides is 2.